The lowest BCUT2D eigenvalue weighted by molar-refractivity contribution is 0.0493. The molecule has 1 heterocycles. The Hall–Kier alpha value is -2.53. The maximum Gasteiger partial charge on any atom is 0.338 e. The Morgan fingerprint density at radius 1 is 1.04 bits per heavy atom. The van der Waals surface area contributed by atoms with Gasteiger partial charge in [0.05, 0.1) is 30.4 Å². The molecule has 0 radical (unpaired) electrons. The molecule has 0 spiro atoms. The average Bonchev–Trinajstić information content (AvgIpc) is 2.91. The van der Waals surface area contributed by atoms with Crippen LogP contribution in [0.4, 0.5) is 0 Å². The third-order valence-electron chi connectivity index (χ3n) is 3.91. The predicted molar refractivity (Wildman–Crippen MR) is 97.3 cm³/mol. The van der Waals surface area contributed by atoms with E-state index in [1.807, 2.05) is 18.2 Å². The molecule has 0 saturated heterocycles. The van der Waals surface area contributed by atoms with Crippen molar-refractivity contribution in [2.24, 2.45) is 0 Å². The molecule has 0 amide bonds. The van der Waals surface area contributed by atoms with Crippen molar-refractivity contribution in [2.45, 2.75) is 19.3 Å². The van der Waals surface area contributed by atoms with Crippen LogP contribution < -0.4 is 9.47 Å². The molecular weight excluding hydrogens is 356 g/mol. The molecule has 0 N–H and O–H groups in total. The van der Waals surface area contributed by atoms with Crippen LogP contribution in [0.1, 0.15) is 40.0 Å². The topological polar surface area (TPSA) is 61.8 Å². The molecule has 0 saturated carbocycles. The predicted octanol–water partition coefficient (Wildman–Crippen LogP) is 4.32. The van der Waals surface area contributed by atoms with Crippen molar-refractivity contribution < 1.29 is 23.8 Å². The van der Waals surface area contributed by atoms with Crippen LogP contribution >= 0.6 is 11.6 Å². The minimum Gasteiger partial charge on any atom is -0.489 e. The largest absolute Gasteiger partial charge is 0.489 e. The van der Waals surface area contributed by atoms with Gasteiger partial charge in [0.2, 0.25) is 0 Å². The number of fused-ring (bicyclic) bond motifs is 1. The standard InChI is InChI=1S/C20H19ClO5/c21-16-12-15(13-18-19(16)25-11-5-10-24-18)20(23)26-9-4-8-17(22)14-6-2-1-3-7-14/h1-3,6-7,12-13H,4-5,8-11H2. The second kappa shape index (κ2) is 8.72. The molecule has 0 aliphatic carbocycles. The molecular formula is C20H19ClO5. The highest BCUT2D eigenvalue weighted by molar-refractivity contribution is 6.32. The summed E-state index contributed by atoms with van der Waals surface area (Å²) in [6.45, 7) is 1.18. The lowest BCUT2D eigenvalue weighted by Gasteiger charge is -2.11. The van der Waals surface area contributed by atoms with Crippen LogP contribution in [0.5, 0.6) is 11.5 Å². The van der Waals surface area contributed by atoms with E-state index in [0.29, 0.717) is 53.7 Å². The van der Waals surface area contributed by atoms with Gasteiger partial charge in [-0.2, -0.15) is 0 Å². The first kappa shape index (κ1) is 18.3. The van der Waals surface area contributed by atoms with E-state index in [0.717, 1.165) is 6.42 Å². The van der Waals surface area contributed by atoms with E-state index in [4.69, 9.17) is 25.8 Å². The van der Waals surface area contributed by atoms with Gasteiger partial charge in [-0.15, -0.1) is 0 Å². The summed E-state index contributed by atoms with van der Waals surface area (Å²) >= 11 is 6.18. The smallest absolute Gasteiger partial charge is 0.338 e. The van der Waals surface area contributed by atoms with Crippen LogP contribution in [0, 0.1) is 0 Å². The van der Waals surface area contributed by atoms with Crippen LogP contribution in [-0.4, -0.2) is 31.6 Å². The summed E-state index contributed by atoms with van der Waals surface area (Å²) in [5, 5.41) is 0.315. The molecule has 5 nitrogen and oxygen atoms in total. The van der Waals surface area contributed by atoms with Crippen molar-refractivity contribution in [3.05, 3.63) is 58.6 Å². The molecule has 0 aromatic heterocycles. The zero-order valence-electron chi connectivity index (χ0n) is 14.2. The van der Waals surface area contributed by atoms with Crippen LogP contribution in [0.15, 0.2) is 42.5 Å². The summed E-state index contributed by atoms with van der Waals surface area (Å²) in [5.41, 5.74) is 0.960. The maximum atomic E-state index is 12.2. The normalized spacial score (nSPS) is 13.0. The number of ketones is 1. The molecule has 3 rings (SSSR count). The van der Waals surface area contributed by atoms with Gasteiger partial charge in [0.15, 0.2) is 17.3 Å². The third kappa shape index (κ3) is 4.55. The Bertz CT molecular complexity index is 788. The van der Waals surface area contributed by atoms with Gasteiger partial charge in [-0.3, -0.25) is 4.79 Å². The first-order chi connectivity index (χ1) is 12.6. The van der Waals surface area contributed by atoms with Crippen LogP contribution in [0.25, 0.3) is 0 Å². The fourth-order valence-electron chi connectivity index (χ4n) is 2.60. The first-order valence-electron chi connectivity index (χ1n) is 8.49. The second-order valence-electron chi connectivity index (χ2n) is 5.86. The highest BCUT2D eigenvalue weighted by Crippen LogP contribution is 2.38. The van der Waals surface area contributed by atoms with E-state index in [1.165, 1.54) is 6.07 Å². The molecule has 0 fully saturated rings. The number of hydrogen-bond acceptors (Lipinski definition) is 5. The minimum atomic E-state index is -0.505. The molecule has 2 aromatic rings. The van der Waals surface area contributed by atoms with Gasteiger partial charge in [-0.25, -0.2) is 4.79 Å². The van der Waals surface area contributed by atoms with Crippen molar-refractivity contribution >= 4 is 23.4 Å². The maximum absolute atomic E-state index is 12.2. The number of esters is 1. The average molecular weight is 375 g/mol. The Labute approximate surface area is 156 Å². The molecule has 2 aromatic carbocycles. The summed E-state index contributed by atoms with van der Waals surface area (Å²) in [4.78, 5) is 24.2. The number of carbonyl (C=O) groups excluding carboxylic acids is 2. The number of carbonyl (C=O) groups is 2. The number of rotatable bonds is 6. The van der Waals surface area contributed by atoms with Crippen molar-refractivity contribution in [1.82, 2.24) is 0 Å². The van der Waals surface area contributed by atoms with E-state index in [1.54, 1.807) is 18.2 Å². The Morgan fingerprint density at radius 2 is 1.81 bits per heavy atom. The van der Waals surface area contributed by atoms with Gasteiger partial charge < -0.3 is 14.2 Å². The molecule has 1 aliphatic heterocycles. The number of benzene rings is 2. The summed E-state index contributed by atoms with van der Waals surface area (Å²) in [6, 6.07) is 12.1. The summed E-state index contributed by atoms with van der Waals surface area (Å²) in [5.74, 6) is 0.422. The summed E-state index contributed by atoms with van der Waals surface area (Å²) in [7, 11) is 0. The minimum absolute atomic E-state index is 0.0280. The molecule has 0 atom stereocenters. The first-order valence-corrected chi connectivity index (χ1v) is 8.87. The SMILES string of the molecule is O=C(CCCOC(=O)c1cc(Cl)c2c(c1)OCCCO2)c1ccccc1. The van der Waals surface area contributed by atoms with E-state index < -0.39 is 5.97 Å². The summed E-state index contributed by atoms with van der Waals surface area (Å²) in [6.07, 6.45) is 1.52. The van der Waals surface area contributed by atoms with Gasteiger partial charge in [0.1, 0.15) is 0 Å². The molecule has 136 valence electrons. The van der Waals surface area contributed by atoms with Gasteiger partial charge >= 0.3 is 5.97 Å². The van der Waals surface area contributed by atoms with E-state index in [2.05, 4.69) is 0 Å². The number of ether oxygens (including phenoxy) is 3. The van der Waals surface area contributed by atoms with Gasteiger partial charge in [0.25, 0.3) is 0 Å². The molecule has 0 bridgehead atoms. The zero-order valence-corrected chi connectivity index (χ0v) is 15.0. The van der Waals surface area contributed by atoms with Crippen molar-refractivity contribution in [2.75, 3.05) is 19.8 Å². The monoisotopic (exact) mass is 374 g/mol. The molecule has 26 heavy (non-hydrogen) atoms. The second-order valence-corrected chi connectivity index (χ2v) is 6.27. The lowest BCUT2D eigenvalue weighted by Crippen LogP contribution is -2.09. The molecule has 0 unspecified atom stereocenters. The highest BCUT2D eigenvalue weighted by atomic mass is 35.5. The van der Waals surface area contributed by atoms with E-state index >= 15 is 0 Å². The summed E-state index contributed by atoms with van der Waals surface area (Å²) < 4.78 is 16.3. The lowest BCUT2D eigenvalue weighted by atomic mass is 10.1. The highest BCUT2D eigenvalue weighted by Gasteiger charge is 2.19. The fraction of sp³-hybridized carbons (Fsp3) is 0.300. The van der Waals surface area contributed by atoms with Crippen LogP contribution in [0.2, 0.25) is 5.02 Å². The zero-order chi connectivity index (χ0) is 18.4. The van der Waals surface area contributed by atoms with Crippen LogP contribution in [-0.2, 0) is 4.74 Å². The van der Waals surface area contributed by atoms with Gasteiger partial charge in [0, 0.05) is 18.4 Å². The quantitative estimate of drug-likeness (QED) is 0.428. The van der Waals surface area contributed by atoms with Crippen molar-refractivity contribution in [3.8, 4) is 11.5 Å². The van der Waals surface area contributed by atoms with Crippen LogP contribution in [0.3, 0.4) is 0 Å². The molecule has 1 aliphatic rings. The molecule has 6 heteroatoms. The van der Waals surface area contributed by atoms with E-state index in [9.17, 15) is 9.59 Å². The van der Waals surface area contributed by atoms with E-state index in [-0.39, 0.29) is 12.4 Å². The van der Waals surface area contributed by atoms with Gasteiger partial charge in [-0.1, -0.05) is 41.9 Å². The Balaban J connectivity index is 1.53. The number of hydrogen-bond donors (Lipinski definition) is 0. The number of halogens is 1. The third-order valence-corrected chi connectivity index (χ3v) is 4.20. The Kier molecular flexibility index (Phi) is 6.12. The fourth-order valence-corrected chi connectivity index (χ4v) is 2.86. The Morgan fingerprint density at radius 3 is 2.62 bits per heavy atom. The van der Waals surface area contributed by atoms with Crippen molar-refractivity contribution in [1.29, 1.82) is 0 Å². The van der Waals surface area contributed by atoms with Crippen molar-refractivity contribution in [3.63, 3.8) is 0 Å². The van der Waals surface area contributed by atoms with Gasteiger partial charge in [-0.05, 0) is 18.6 Å². The number of Topliss-reactive ketones (excluding diaryl/α,β-unsaturated/α-hetero) is 1.